The van der Waals surface area contributed by atoms with Gasteiger partial charge >= 0.3 is 5.97 Å². The quantitative estimate of drug-likeness (QED) is 0.302. The van der Waals surface area contributed by atoms with E-state index in [1.54, 1.807) is 36.3 Å². The van der Waals surface area contributed by atoms with Crippen molar-refractivity contribution in [1.82, 2.24) is 9.47 Å². The zero-order chi connectivity index (χ0) is 25.3. The highest BCUT2D eigenvalue weighted by Crippen LogP contribution is 2.34. The third-order valence-corrected chi connectivity index (χ3v) is 6.51. The van der Waals surface area contributed by atoms with Crippen LogP contribution in [-0.2, 0) is 23.0 Å². The van der Waals surface area contributed by atoms with Gasteiger partial charge in [-0.05, 0) is 42.7 Å². The minimum absolute atomic E-state index is 0.101. The van der Waals surface area contributed by atoms with Gasteiger partial charge in [-0.15, -0.1) is 0 Å². The molecular weight excluding hydrogens is 458 g/mol. The standard InChI is InChI=1S/C26H26F2N2O5/c1-29-15-17-12-21(34-2)20(13-19(17)22(29)23(31)25(33)35-3)24(32)30-10-8-26(28,9-11-30)14-16-4-6-18(27)7-5-16/h4-7,12-13,15H,8-11,14H2,1-3H3. The number of ketones is 1. The number of hydrogen-bond donors (Lipinski definition) is 0. The average Bonchev–Trinajstić information content (AvgIpc) is 3.18. The summed E-state index contributed by atoms with van der Waals surface area (Å²) in [6, 6.07) is 8.92. The summed E-state index contributed by atoms with van der Waals surface area (Å²) in [6.45, 7) is 0.390. The molecule has 1 fully saturated rings. The van der Waals surface area contributed by atoms with Gasteiger partial charge in [-0.3, -0.25) is 9.59 Å². The molecule has 184 valence electrons. The molecule has 0 saturated carbocycles. The summed E-state index contributed by atoms with van der Waals surface area (Å²) < 4.78 is 40.1. The number of amides is 1. The number of alkyl halides is 1. The van der Waals surface area contributed by atoms with Crippen molar-refractivity contribution in [1.29, 1.82) is 0 Å². The molecule has 2 aromatic carbocycles. The summed E-state index contributed by atoms with van der Waals surface area (Å²) in [5, 5.41) is 1.04. The van der Waals surface area contributed by atoms with Crippen LogP contribution in [0.25, 0.3) is 10.8 Å². The Kier molecular flexibility index (Phi) is 6.60. The molecule has 0 aliphatic carbocycles. The van der Waals surface area contributed by atoms with Crippen LogP contribution in [0.15, 0.2) is 42.6 Å². The fraction of sp³-hybridized carbons (Fsp3) is 0.346. The van der Waals surface area contributed by atoms with Crippen LogP contribution in [0.1, 0.15) is 39.3 Å². The predicted octanol–water partition coefficient (Wildman–Crippen LogP) is 3.87. The summed E-state index contributed by atoms with van der Waals surface area (Å²) >= 11 is 0. The van der Waals surface area contributed by atoms with E-state index in [9.17, 15) is 18.8 Å². The summed E-state index contributed by atoms with van der Waals surface area (Å²) in [5.41, 5.74) is -0.478. The molecular formula is C26H26F2N2O5. The van der Waals surface area contributed by atoms with Crippen LogP contribution in [0.2, 0.25) is 0 Å². The van der Waals surface area contributed by atoms with Gasteiger partial charge in [0.25, 0.3) is 11.7 Å². The van der Waals surface area contributed by atoms with Crippen LogP contribution in [0.3, 0.4) is 0 Å². The number of halogens is 2. The normalized spacial score (nSPS) is 15.2. The van der Waals surface area contributed by atoms with E-state index in [1.807, 2.05) is 0 Å². The van der Waals surface area contributed by atoms with Crippen molar-refractivity contribution in [2.75, 3.05) is 27.3 Å². The second-order valence-electron chi connectivity index (χ2n) is 8.80. The van der Waals surface area contributed by atoms with E-state index in [1.165, 1.54) is 29.9 Å². The topological polar surface area (TPSA) is 77.8 Å². The van der Waals surface area contributed by atoms with Crippen LogP contribution in [0.4, 0.5) is 8.78 Å². The Bertz CT molecular complexity index is 1290. The lowest BCUT2D eigenvalue weighted by Crippen LogP contribution is -2.45. The molecule has 1 amide bonds. The Morgan fingerprint density at radius 2 is 1.71 bits per heavy atom. The van der Waals surface area contributed by atoms with Gasteiger partial charge < -0.3 is 18.9 Å². The minimum Gasteiger partial charge on any atom is -0.496 e. The van der Waals surface area contributed by atoms with Crippen LogP contribution in [-0.4, -0.2) is 60.1 Å². The molecule has 0 spiro atoms. The molecule has 0 N–H and O–H groups in total. The molecule has 0 unspecified atom stereocenters. The first-order chi connectivity index (χ1) is 16.7. The number of rotatable bonds is 6. The van der Waals surface area contributed by atoms with Crippen LogP contribution in [0, 0.1) is 5.82 Å². The lowest BCUT2D eigenvalue weighted by molar-refractivity contribution is -0.135. The highest BCUT2D eigenvalue weighted by atomic mass is 19.1. The van der Waals surface area contributed by atoms with Gasteiger partial charge in [0.15, 0.2) is 0 Å². The largest absolute Gasteiger partial charge is 0.496 e. The number of piperidine rings is 1. The molecule has 1 aliphatic heterocycles. The van der Waals surface area contributed by atoms with Crippen LogP contribution >= 0.6 is 0 Å². The van der Waals surface area contributed by atoms with Crippen LogP contribution < -0.4 is 4.74 Å². The Morgan fingerprint density at radius 1 is 1.06 bits per heavy atom. The maximum atomic E-state index is 15.5. The molecule has 4 rings (SSSR count). The second-order valence-corrected chi connectivity index (χ2v) is 8.80. The molecule has 9 heteroatoms. The Labute approximate surface area is 201 Å². The summed E-state index contributed by atoms with van der Waals surface area (Å²) in [5.74, 6) is -2.24. The fourth-order valence-electron chi connectivity index (χ4n) is 4.60. The third-order valence-electron chi connectivity index (χ3n) is 6.51. The summed E-state index contributed by atoms with van der Waals surface area (Å²) in [6.07, 6.45) is 2.08. The molecule has 1 aromatic heterocycles. The lowest BCUT2D eigenvalue weighted by atomic mass is 9.86. The number of nitrogens with zero attached hydrogens (tertiary/aromatic N) is 2. The van der Waals surface area contributed by atoms with Crippen molar-refractivity contribution in [2.24, 2.45) is 7.05 Å². The smallest absolute Gasteiger partial charge is 0.381 e. The molecule has 0 bridgehead atoms. The zero-order valence-corrected chi connectivity index (χ0v) is 19.8. The number of ether oxygens (including phenoxy) is 2. The van der Waals surface area contributed by atoms with E-state index in [0.29, 0.717) is 22.1 Å². The van der Waals surface area contributed by atoms with Gasteiger partial charge in [-0.2, -0.15) is 0 Å². The predicted molar refractivity (Wildman–Crippen MR) is 125 cm³/mol. The monoisotopic (exact) mass is 484 g/mol. The van der Waals surface area contributed by atoms with Crippen molar-refractivity contribution < 1.29 is 32.6 Å². The first-order valence-corrected chi connectivity index (χ1v) is 11.2. The van der Waals surface area contributed by atoms with E-state index in [-0.39, 0.29) is 55.3 Å². The number of likely N-dealkylation sites (tertiary alicyclic amines) is 1. The third kappa shape index (κ3) is 4.76. The van der Waals surface area contributed by atoms with Crippen molar-refractivity contribution in [2.45, 2.75) is 24.9 Å². The number of carbonyl (C=O) groups is 3. The van der Waals surface area contributed by atoms with Gasteiger partial charge in [-0.1, -0.05) is 12.1 Å². The first kappa shape index (κ1) is 24.4. The Hall–Kier alpha value is -3.75. The number of Topliss-reactive ketones (excluding diaryl/α,β-unsaturated/α-hetero) is 1. The van der Waals surface area contributed by atoms with Crippen molar-refractivity contribution in [3.05, 3.63) is 65.2 Å². The highest BCUT2D eigenvalue weighted by molar-refractivity contribution is 6.42. The minimum atomic E-state index is -1.50. The molecule has 1 aliphatic rings. The van der Waals surface area contributed by atoms with Crippen molar-refractivity contribution in [3.8, 4) is 5.75 Å². The summed E-state index contributed by atoms with van der Waals surface area (Å²) in [7, 11) is 4.18. The number of aryl methyl sites for hydroxylation is 1. The Morgan fingerprint density at radius 3 is 2.31 bits per heavy atom. The average molecular weight is 484 g/mol. The Balaban J connectivity index is 1.58. The fourth-order valence-corrected chi connectivity index (χ4v) is 4.60. The molecule has 1 saturated heterocycles. The molecule has 3 aromatic rings. The zero-order valence-electron chi connectivity index (χ0n) is 19.8. The molecule has 7 nitrogen and oxygen atoms in total. The van der Waals surface area contributed by atoms with Crippen molar-refractivity contribution in [3.63, 3.8) is 0 Å². The number of aromatic nitrogens is 1. The first-order valence-electron chi connectivity index (χ1n) is 11.2. The SMILES string of the molecule is COC(=O)C(=O)c1c2cc(C(=O)N3CCC(F)(Cc4ccc(F)cc4)CC3)c(OC)cc2cn1C. The number of esters is 1. The lowest BCUT2D eigenvalue weighted by Gasteiger charge is -2.36. The maximum absolute atomic E-state index is 15.5. The summed E-state index contributed by atoms with van der Waals surface area (Å²) in [4.78, 5) is 39.4. The number of benzene rings is 2. The van der Waals surface area contributed by atoms with E-state index in [0.717, 1.165) is 7.11 Å². The van der Waals surface area contributed by atoms with Gasteiger partial charge in [0.2, 0.25) is 0 Å². The van der Waals surface area contributed by atoms with Gasteiger partial charge in [0.1, 0.15) is 22.9 Å². The number of hydrogen-bond acceptors (Lipinski definition) is 5. The highest BCUT2D eigenvalue weighted by Gasteiger charge is 2.37. The van der Waals surface area contributed by atoms with Gasteiger partial charge in [0.05, 0.1) is 19.8 Å². The van der Waals surface area contributed by atoms with Crippen molar-refractivity contribution >= 4 is 28.4 Å². The van der Waals surface area contributed by atoms with E-state index < -0.39 is 17.4 Å². The molecule has 0 radical (unpaired) electrons. The number of carbonyl (C=O) groups excluding carboxylic acids is 3. The van der Waals surface area contributed by atoms with E-state index in [2.05, 4.69) is 4.74 Å². The van der Waals surface area contributed by atoms with E-state index >= 15 is 4.39 Å². The number of methoxy groups -OCH3 is 2. The molecule has 2 heterocycles. The maximum Gasteiger partial charge on any atom is 0.381 e. The molecule has 35 heavy (non-hydrogen) atoms. The van der Waals surface area contributed by atoms with E-state index in [4.69, 9.17) is 4.74 Å². The molecule has 0 atom stereocenters. The van der Waals surface area contributed by atoms with Gasteiger partial charge in [-0.25, -0.2) is 13.6 Å². The van der Waals surface area contributed by atoms with Gasteiger partial charge in [0, 0.05) is 43.5 Å². The second kappa shape index (κ2) is 9.48. The number of fused-ring (bicyclic) bond motifs is 1. The van der Waals surface area contributed by atoms with Crippen LogP contribution in [0.5, 0.6) is 5.75 Å².